The van der Waals surface area contributed by atoms with Crippen molar-refractivity contribution in [3.05, 3.63) is 69.8 Å². The van der Waals surface area contributed by atoms with Crippen molar-refractivity contribution in [2.75, 3.05) is 42.4 Å². The van der Waals surface area contributed by atoms with Gasteiger partial charge in [-0.15, -0.1) is 15.6 Å². The molecular weight excluding hydrogens is 672 g/mol. The lowest BCUT2D eigenvalue weighted by atomic mass is 10.0. The second-order valence-corrected chi connectivity index (χ2v) is 15.8. The van der Waals surface area contributed by atoms with Gasteiger partial charge in [-0.25, -0.2) is 36.2 Å². The van der Waals surface area contributed by atoms with Gasteiger partial charge in [0.25, 0.3) is 10.0 Å². The highest BCUT2D eigenvalue weighted by Gasteiger charge is 2.40. The van der Waals surface area contributed by atoms with Crippen LogP contribution in [0, 0.1) is 17.5 Å². The summed E-state index contributed by atoms with van der Waals surface area (Å²) < 4.78 is 85.6. The molecular formula is C32H40F3N5O6S2. The first-order valence-electron chi connectivity index (χ1n) is 15.1. The van der Waals surface area contributed by atoms with Gasteiger partial charge in [0.2, 0.25) is 0 Å². The van der Waals surface area contributed by atoms with E-state index >= 15 is 13.2 Å². The van der Waals surface area contributed by atoms with Gasteiger partial charge in [0.15, 0.2) is 10.7 Å². The molecule has 16 heteroatoms. The van der Waals surface area contributed by atoms with E-state index in [1.165, 1.54) is 37.7 Å². The lowest BCUT2D eigenvalue weighted by Gasteiger charge is -2.33. The minimum absolute atomic E-state index is 0.0749. The Morgan fingerprint density at radius 3 is 2.04 bits per heavy atom. The summed E-state index contributed by atoms with van der Waals surface area (Å²) in [4.78, 5) is 34.1. The number of amides is 2. The molecule has 4 rings (SSSR count). The summed E-state index contributed by atoms with van der Waals surface area (Å²) in [6, 6.07) is 5.71. The van der Waals surface area contributed by atoms with Crippen molar-refractivity contribution in [3.8, 4) is 0 Å². The van der Waals surface area contributed by atoms with Gasteiger partial charge >= 0.3 is 12.2 Å². The van der Waals surface area contributed by atoms with Crippen LogP contribution in [0.4, 0.5) is 34.3 Å². The fraction of sp³-hybridized carbons (Fsp3) is 0.469. The van der Waals surface area contributed by atoms with Crippen LogP contribution in [0.5, 0.6) is 0 Å². The van der Waals surface area contributed by atoms with Gasteiger partial charge in [-0.05, 0) is 72.4 Å². The van der Waals surface area contributed by atoms with E-state index in [1.54, 1.807) is 32.9 Å². The SMILES string of the molecule is CN1CCN(Cc2cccc(F)c2CN(C(=O)OC(C)(C)C)c2cc(F)c(S(=O)(=O)N(C(=O)OC(C)(C)C)c3cscn3)c(F)c2)CC1. The van der Waals surface area contributed by atoms with Crippen LogP contribution in [0.1, 0.15) is 52.7 Å². The number of anilines is 2. The normalized spacial score (nSPS) is 14.9. The molecule has 0 spiro atoms. The Morgan fingerprint density at radius 2 is 1.50 bits per heavy atom. The molecule has 1 saturated heterocycles. The highest BCUT2D eigenvalue weighted by atomic mass is 32.2. The number of aromatic nitrogens is 1. The maximum atomic E-state index is 15.9. The van der Waals surface area contributed by atoms with Crippen molar-refractivity contribution in [2.24, 2.45) is 0 Å². The zero-order valence-corrected chi connectivity index (χ0v) is 29.6. The van der Waals surface area contributed by atoms with Crippen LogP contribution < -0.4 is 9.21 Å². The molecule has 1 aliphatic rings. The van der Waals surface area contributed by atoms with E-state index in [-0.39, 0.29) is 9.87 Å². The van der Waals surface area contributed by atoms with Crippen LogP contribution in [-0.4, -0.2) is 79.8 Å². The number of halogens is 3. The number of likely N-dealkylation sites (N-methyl/N-ethyl adjacent to an activating group) is 1. The molecule has 2 heterocycles. The van der Waals surface area contributed by atoms with Gasteiger partial charge in [-0.1, -0.05) is 12.1 Å². The van der Waals surface area contributed by atoms with E-state index in [1.807, 2.05) is 7.05 Å². The van der Waals surface area contributed by atoms with E-state index in [0.717, 1.165) is 42.4 Å². The van der Waals surface area contributed by atoms with E-state index in [2.05, 4.69) is 14.8 Å². The number of hydrogen-bond acceptors (Lipinski definition) is 10. The molecule has 1 fully saturated rings. The number of carbonyl (C=O) groups excluding carboxylic acids is 2. The molecule has 1 aliphatic heterocycles. The maximum absolute atomic E-state index is 15.9. The molecule has 0 radical (unpaired) electrons. The lowest BCUT2D eigenvalue weighted by molar-refractivity contribution is 0.0573. The van der Waals surface area contributed by atoms with Crippen molar-refractivity contribution < 1.29 is 40.7 Å². The molecule has 1 aromatic heterocycles. The molecule has 48 heavy (non-hydrogen) atoms. The zero-order valence-electron chi connectivity index (χ0n) is 27.9. The Balaban J connectivity index is 1.78. The first kappa shape index (κ1) is 37.1. The molecule has 2 aromatic carbocycles. The number of benzene rings is 2. The van der Waals surface area contributed by atoms with E-state index in [4.69, 9.17) is 9.47 Å². The van der Waals surface area contributed by atoms with Gasteiger partial charge in [0.1, 0.15) is 28.7 Å². The van der Waals surface area contributed by atoms with Crippen LogP contribution in [0.3, 0.4) is 0 Å². The van der Waals surface area contributed by atoms with Crippen LogP contribution in [0.25, 0.3) is 0 Å². The smallest absolute Gasteiger partial charge is 0.430 e. The third kappa shape index (κ3) is 9.03. The highest BCUT2D eigenvalue weighted by Crippen LogP contribution is 2.33. The van der Waals surface area contributed by atoms with E-state index in [9.17, 15) is 18.0 Å². The Morgan fingerprint density at radius 1 is 0.917 bits per heavy atom. The minimum atomic E-state index is -5.29. The van der Waals surface area contributed by atoms with Gasteiger partial charge in [-0.2, -0.15) is 0 Å². The van der Waals surface area contributed by atoms with Crippen LogP contribution in [-0.2, 0) is 32.6 Å². The number of nitrogens with zero attached hydrogens (tertiary/aromatic N) is 5. The quantitative estimate of drug-likeness (QED) is 0.263. The maximum Gasteiger partial charge on any atom is 0.430 e. The van der Waals surface area contributed by atoms with Crippen LogP contribution >= 0.6 is 11.3 Å². The summed E-state index contributed by atoms with van der Waals surface area (Å²) in [6.45, 7) is 12.2. The van der Waals surface area contributed by atoms with Crippen LogP contribution in [0.15, 0.2) is 46.1 Å². The molecule has 2 amide bonds. The molecule has 0 atom stereocenters. The summed E-state index contributed by atoms with van der Waals surface area (Å²) in [7, 11) is -3.29. The van der Waals surface area contributed by atoms with Crippen LogP contribution in [0.2, 0.25) is 0 Å². The predicted octanol–water partition coefficient (Wildman–Crippen LogP) is 6.38. The molecule has 3 aromatic rings. The Bertz CT molecular complexity index is 1710. The summed E-state index contributed by atoms with van der Waals surface area (Å²) in [6.07, 6.45) is -2.48. The second kappa shape index (κ2) is 14.4. The van der Waals surface area contributed by atoms with E-state index in [0.29, 0.717) is 24.2 Å². The molecule has 0 unspecified atom stereocenters. The van der Waals surface area contributed by atoms with Gasteiger partial charge < -0.3 is 14.4 Å². The van der Waals surface area contributed by atoms with Crippen molar-refractivity contribution >= 4 is 45.1 Å². The average Bonchev–Trinajstić information content (AvgIpc) is 3.45. The number of thiazole rings is 1. The summed E-state index contributed by atoms with van der Waals surface area (Å²) in [5.74, 6) is -4.31. The third-order valence-electron chi connectivity index (χ3n) is 7.12. The minimum Gasteiger partial charge on any atom is -0.443 e. The van der Waals surface area contributed by atoms with Crippen molar-refractivity contribution in [3.63, 3.8) is 0 Å². The molecule has 0 N–H and O–H groups in total. The summed E-state index contributed by atoms with van der Waals surface area (Å²) in [5, 5.41) is 1.20. The third-order valence-corrected chi connectivity index (χ3v) is 9.41. The number of sulfonamides is 1. The van der Waals surface area contributed by atoms with Crippen molar-refractivity contribution in [1.29, 1.82) is 0 Å². The van der Waals surface area contributed by atoms with Crippen molar-refractivity contribution in [2.45, 2.75) is 70.7 Å². The van der Waals surface area contributed by atoms with Gasteiger partial charge in [0, 0.05) is 43.7 Å². The Labute approximate surface area is 282 Å². The fourth-order valence-corrected chi connectivity index (χ4v) is 6.83. The van der Waals surface area contributed by atoms with E-state index < -0.39 is 73.8 Å². The number of piperazine rings is 1. The van der Waals surface area contributed by atoms with Gasteiger partial charge in [0.05, 0.1) is 17.7 Å². The standard InChI is InChI=1S/C32H40F3N5O6S2/c1-31(2,3)45-29(41)39(18-23-21(9-8-10-24(23)33)17-38-13-11-37(7)12-14-38)22-15-25(34)28(26(35)16-22)48(43,44)40(27-19-47-20-36-27)30(42)46-32(4,5)6/h8-10,15-16,19-20H,11-14,17-18H2,1-7H3. The highest BCUT2D eigenvalue weighted by molar-refractivity contribution is 7.93. The molecule has 0 bridgehead atoms. The number of ether oxygens (including phenoxy) is 2. The molecule has 11 nitrogen and oxygen atoms in total. The average molecular weight is 712 g/mol. The zero-order chi connectivity index (χ0) is 35.6. The lowest BCUT2D eigenvalue weighted by Crippen LogP contribution is -2.44. The Hall–Kier alpha value is -3.73. The fourth-order valence-electron chi connectivity index (χ4n) is 4.88. The predicted molar refractivity (Wildman–Crippen MR) is 176 cm³/mol. The van der Waals surface area contributed by atoms with Crippen molar-refractivity contribution in [1.82, 2.24) is 14.8 Å². The summed E-state index contributed by atoms with van der Waals surface area (Å²) in [5.41, 5.74) is -0.758. The first-order valence-corrected chi connectivity index (χ1v) is 17.5. The topological polar surface area (TPSA) is 113 Å². The monoisotopic (exact) mass is 711 g/mol. The first-order chi connectivity index (χ1) is 22.3. The number of hydrogen-bond donors (Lipinski definition) is 0. The number of carbonyl (C=O) groups is 2. The molecule has 0 saturated carbocycles. The number of rotatable bonds is 8. The summed E-state index contributed by atoms with van der Waals surface area (Å²) >= 11 is 0.945. The largest absolute Gasteiger partial charge is 0.443 e. The second-order valence-electron chi connectivity index (χ2n) is 13.4. The Kier molecular flexibility index (Phi) is 11.1. The van der Waals surface area contributed by atoms with Gasteiger partial charge in [-0.3, -0.25) is 9.80 Å². The molecule has 262 valence electrons. The molecule has 0 aliphatic carbocycles.